The Morgan fingerprint density at radius 1 is 1.29 bits per heavy atom. The molecular weight excluding hydrogens is 195 g/mol. The lowest BCUT2D eigenvalue weighted by molar-refractivity contribution is 0.631. The molecule has 0 saturated carbocycles. The quantitative estimate of drug-likeness (QED) is 0.620. The maximum atomic E-state index is 13.4. The Balaban J connectivity index is 2.58. The van der Waals surface area contributed by atoms with Crippen molar-refractivity contribution in [3.05, 3.63) is 46.4 Å². The third kappa shape index (κ3) is 1.55. The van der Waals surface area contributed by atoms with Crippen LogP contribution in [0.25, 0.3) is 11.1 Å². The fourth-order valence-corrected chi connectivity index (χ4v) is 1.91. The summed E-state index contributed by atoms with van der Waals surface area (Å²) in [6.45, 7) is 0. The molecule has 0 amide bonds. The van der Waals surface area contributed by atoms with Gasteiger partial charge in [0, 0.05) is 11.1 Å². The van der Waals surface area contributed by atoms with Gasteiger partial charge in [-0.1, -0.05) is 5.92 Å². The standard InChI is InChI=1S/C12H7FS/c1-2-9-3-4-12(13)11(7-9)10-5-6-14-8-10/h1,3-8H. The molecule has 0 aliphatic carbocycles. The zero-order valence-corrected chi connectivity index (χ0v) is 8.14. The lowest BCUT2D eigenvalue weighted by Crippen LogP contribution is -1.84. The first-order valence-corrected chi connectivity index (χ1v) is 5.04. The molecule has 0 fully saturated rings. The van der Waals surface area contributed by atoms with Gasteiger partial charge in [-0.15, -0.1) is 6.42 Å². The van der Waals surface area contributed by atoms with Gasteiger partial charge in [0.05, 0.1) is 0 Å². The largest absolute Gasteiger partial charge is 0.206 e. The lowest BCUT2D eigenvalue weighted by Gasteiger charge is -2.00. The molecule has 2 aromatic rings. The highest BCUT2D eigenvalue weighted by molar-refractivity contribution is 7.08. The number of terminal acetylenes is 1. The molecule has 0 aliphatic rings. The van der Waals surface area contributed by atoms with Crippen molar-refractivity contribution in [2.24, 2.45) is 0 Å². The Bertz CT molecular complexity index is 478. The molecule has 0 aliphatic heterocycles. The first-order chi connectivity index (χ1) is 6.81. The predicted octanol–water partition coefficient (Wildman–Crippen LogP) is 3.54. The topological polar surface area (TPSA) is 0 Å². The molecule has 0 radical (unpaired) electrons. The molecule has 1 aromatic carbocycles. The normalized spacial score (nSPS) is 9.71. The van der Waals surface area contributed by atoms with Crippen LogP contribution in [0, 0.1) is 18.2 Å². The smallest absolute Gasteiger partial charge is 0.131 e. The van der Waals surface area contributed by atoms with Crippen LogP contribution in [-0.2, 0) is 0 Å². The summed E-state index contributed by atoms with van der Waals surface area (Å²) >= 11 is 1.54. The summed E-state index contributed by atoms with van der Waals surface area (Å²) in [5.41, 5.74) is 2.15. The summed E-state index contributed by atoms with van der Waals surface area (Å²) in [7, 11) is 0. The van der Waals surface area contributed by atoms with Crippen molar-refractivity contribution in [2.75, 3.05) is 0 Å². The molecule has 0 nitrogen and oxygen atoms in total. The van der Waals surface area contributed by atoms with E-state index in [0.29, 0.717) is 11.1 Å². The fraction of sp³-hybridized carbons (Fsp3) is 0. The molecule has 1 aromatic heterocycles. The van der Waals surface area contributed by atoms with Gasteiger partial charge in [-0.2, -0.15) is 11.3 Å². The maximum Gasteiger partial charge on any atom is 0.131 e. The van der Waals surface area contributed by atoms with Crippen molar-refractivity contribution in [3.63, 3.8) is 0 Å². The number of benzene rings is 1. The summed E-state index contributed by atoms with van der Waals surface area (Å²) in [6.07, 6.45) is 5.25. The van der Waals surface area contributed by atoms with E-state index in [1.54, 1.807) is 12.1 Å². The fourth-order valence-electron chi connectivity index (χ4n) is 1.25. The van der Waals surface area contributed by atoms with Crippen LogP contribution in [0.5, 0.6) is 0 Å². The number of thiophene rings is 1. The third-order valence-corrected chi connectivity index (χ3v) is 2.65. The molecule has 0 spiro atoms. The zero-order valence-electron chi connectivity index (χ0n) is 7.33. The van der Waals surface area contributed by atoms with Crippen LogP contribution < -0.4 is 0 Å². The van der Waals surface area contributed by atoms with Crippen LogP contribution in [0.15, 0.2) is 35.0 Å². The highest BCUT2D eigenvalue weighted by atomic mass is 32.1. The average Bonchev–Trinajstić information content (AvgIpc) is 2.71. The number of rotatable bonds is 1. The van der Waals surface area contributed by atoms with Gasteiger partial charge < -0.3 is 0 Å². The minimum atomic E-state index is -0.234. The molecule has 68 valence electrons. The molecule has 0 atom stereocenters. The number of halogens is 1. The first-order valence-electron chi connectivity index (χ1n) is 4.10. The van der Waals surface area contributed by atoms with E-state index in [2.05, 4.69) is 5.92 Å². The molecule has 2 rings (SSSR count). The van der Waals surface area contributed by atoms with Gasteiger partial charge in [0.15, 0.2) is 0 Å². The van der Waals surface area contributed by atoms with Gasteiger partial charge in [-0.05, 0) is 40.6 Å². The summed E-state index contributed by atoms with van der Waals surface area (Å²) < 4.78 is 13.4. The van der Waals surface area contributed by atoms with Crippen molar-refractivity contribution in [1.82, 2.24) is 0 Å². The van der Waals surface area contributed by atoms with E-state index in [1.807, 2.05) is 16.8 Å². The molecule has 14 heavy (non-hydrogen) atoms. The highest BCUT2D eigenvalue weighted by Gasteiger charge is 2.05. The summed E-state index contributed by atoms with van der Waals surface area (Å²) in [5, 5.41) is 3.82. The average molecular weight is 202 g/mol. The maximum absolute atomic E-state index is 13.4. The van der Waals surface area contributed by atoms with Crippen molar-refractivity contribution in [3.8, 4) is 23.5 Å². The number of hydrogen-bond acceptors (Lipinski definition) is 1. The van der Waals surface area contributed by atoms with Crippen LogP contribution in [0.2, 0.25) is 0 Å². The van der Waals surface area contributed by atoms with Crippen LogP contribution in [-0.4, -0.2) is 0 Å². The van der Waals surface area contributed by atoms with Gasteiger partial charge in [0.1, 0.15) is 5.82 Å². The van der Waals surface area contributed by atoms with E-state index in [-0.39, 0.29) is 5.82 Å². The Labute approximate surface area is 86.0 Å². The molecule has 0 saturated heterocycles. The van der Waals surface area contributed by atoms with Crippen molar-refractivity contribution in [1.29, 1.82) is 0 Å². The lowest BCUT2D eigenvalue weighted by atomic mass is 10.1. The van der Waals surface area contributed by atoms with E-state index in [1.165, 1.54) is 17.4 Å². The van der Waals surface area contributed by atoms with E-state index in [9.17, 15) is 4.39 Å². The molecule has 0 N–H and O–H groups in total. The van der Waals surface area contributed by atoms with Crippen LogP contribution >= 0.6 is 11.3 Å². The minimum absolute atomic E-state index is 0.234. The molecule has 0 unspecified atom stereocenters. The first kappa shape index (κ1) is 8.98. The van der Waals surface area contributed by atoms with Crippen LogP contribution in [0.3, 0.4) is 0 Å². The Morgan fingerprint density at radius 2 is 2.14 bits per heavy atom. The van der Waals surface area contributed by atoms with Gasteiger partial charge in [0.25, 0.3) is 0 Å². The monoisotopic (exact) mass is 202 g/mol. The molecule has 1 heterocycles. The summed E-state index contributed by atoms with van der Waals surface area (Å²) in [6, 6.07) is 6.58. The van der Waals surface area contributed by atoms with E-state index in [4.69, 9.17) is 6.42 Å². The summed E-state index contributed by atoms with van der Waals surface area (Å²) in [5.74, 6) is 2.26. The van der Waals surface area contributed by atoms with Gasteiger partial charge in [-0.25, -0.2) is 4.39 Å². The second-order valence-corrected chi connectivity index (χ2v) is 3.63. The second-order valence-electron chi connectivity index (χ2n) is 2.85. The number of hydrogen-bond donors (Lipinski definition) is 0. The van der Waals surface area contributed by atoms with Gasteiger partial charge in [0.2, 0.25) is 0 Å². The SMILES string of the molecule is C#Cc1ccc(F)c(-c2ccsc2)c1. The molecule has 2 heteroatoms. The third-order valence-electron chi connectivity index (χ3n) is 1.97. The van der Waals surface area contributed by atoms with Crippen LogP contribution in [0.4, 0.5) is 4.39 Å². The Morgan fingerprint density at radius 3 is 2.79 bits per heavy atom. The van der Waals surface area contributed by atoms with Gasteiger partial charge in [-0.3, -0.25) is 0 Å². The summed E-state index contributed by atoms with van der Waals surface area (Å²) in [4.78, 5) is 0. The van der Waals surface area contributed by atoms with E-state index in [0.717, 1.165) is 5.56 Å². The highest BCUT2D eigenvalue weighted by Crippen LogP contribution is 2.25. The van der Waals surface area contributed by atoms with Crippen molar-refractivity contribution in [2.45, 2.75) is 0 Å². The second kappa shape index (κ2) is 3.65. The Hall–Kier alpha value is -1.59. The van der Waals surface area contributed by atoms with Crippen LogP contribution in [0.1, 0.15) is 5.56 Å². The minimum Gasteiger partial charge on any atom is -0.206 e. The van der Waals surface area contributed by atoms with E-state index >= 15 is 0 Å². The predicted molar refractivity (Wildman–Crippen MR) is 57.6 cm³/mol. The zero-order chi connectivity index (χ0) is 9.97. The van der Waals surface area contributed by atoms with E-state index < -0.39 is 0 Å². The Kier molecular flexibility index (Phi) is 2.34. The van der Waals surface area contributed by atoms with Gasteiger partial charge >= 0.3 is 0 Å². The van der Waals surface area contributed by atoms with Crippen molar-refractivity contribution >= 4 is 11.3 Å². The van der Waals surface area contributed by atoms with Crippen molar-refractivity contribution < 1.29 is 4.39 Å². The molecule has 0 bridgehead atoms. The molecular formula is C12H7FS.